The van der Waals surface area contributed by atoms with Gasteiger partial charge in [-0.1, -0.05) is 0 Å². The van der Waals surface area contributed by atoms with Crippen molar-refractivity contribution in [2.24, 2.45) is 5.92 Å². The van der Waals surface area contributed by atoms with Crippen LogP contribution in [0.1, 0.15) is 12.8 Å². The maximum absolute atomic E-state index is 11.6. The fourth-order valence-corrected chi connectivity index (χ4v) is 0.909. The highest BCUT2D eigenvalue weighted by Gasteiger charge is 2.26. The van der Waals surface area contributed by atoms with Gasteiger partial charge in [0.2, 0.25) is 0 Å². The van der Waals surface area contributed by atoms with Gasteiger partial charge in [-0.15, -0.1) is 0 Å². The maximum Gasteiger partial charge on any atom is 0.401 e. The lowest BCUT2D eigenvalue weighted by atomic mass is 10.5. The van der Waals surface area contributed by atoms with Crippen molar-refractivity contribution in [2.45, 2.75) is 19.0 Å². The summed E-state index contributed by atoms with van der Waals surface area (Å²) in [5.41, 5.74) is 0. The van der Waals surface area contributed by atoms with Crippen LogP contribution in [0.2, 0.25) is 0 Å². The number of rotatable bonds is 6. The molecule has 0 aromatic heterocycles. The molecular weight excluding hydrogens is 183 g/mol. The van der Waals surface area contributed by atoms with E-state index in [1.54, 1.807) is 0 Å². The lowest BCUT2D eigenvalue weighted by Crippen LogP contribution is -2.31. The topological polar surface area (TPSA) is 21.3 Å². The summed E-state index contributed by atoms with van der Waals surface area (Å²) in [4.78, 5) is 0. The van der Waals surface area contributed by atoms with E-state index in [1.807, 2.05) is 0 Å². The largest absolute Gasteiger partial charge is 0.401 e. The van der Waals surface area contributed by atoms with E-state index in [4.69, 9.17) is 4.74 Å². The van der Waals surface area contributed by atoms with Crippen molar-refractivity contribution in [3.05, 3.63) is 0 Å². The Bertz CT molecular complexity index is 145. The van der Waals surface area contributed by atoms with Gasteiger partial charge in [0.25, 0.3) is 0 Å². The van der Waals surface area contributed by atoms with Crippen molar-refractivity contribution in [2.75, 3.05) is 26.3 Å². The predicted molar refractivity (Wildman–Crippen MR) is 42.5 cm³/mol. The van der Waals surface area contributed by atoms with E-state index in [1.165, 1.54) is 12.8 Å². The zero-order chi connectivity index (χ0) is 9.73. The van der Waals surface area contributed by atoms with Gasteiger partial charge in [-0.25, -0.2) is 0 Å². The van der Waals surface area contributed by atoms with E-state index >= 15 is 0 Å². The molecule has 0 atom stereocenters. The third-order valence-corrected chi connectivity index (χ3v) is 1.80. The van der Waals surface area contributed by atoms with Crippen LogP contribution in [0.3, 0.4) is 0 Å². The molecule has 1 N–H and O–H groups in total. The van der Waals surface area contributed by atoms with Gasteiger partial charge in [0, 0.05) is 13.2 Å². The Morgan fingerprint density at radius 1 is 1.31 bits per heavy atom. The van der Waals surface area contributed by atoms with E-state index in [2.05, 4.69) is 5.32 Å². The highest BCUT2D eigenvalue weighted by molar-refractivity contribution is 4.71. The first-order valence-electron chi connectivity index (χ1n) is 4.43. The zero-order valence-electron chi connectivity index (χ0n) is 7.36. The number of hydrogen-bond donors (Lipinski definition) is 1. The van der Waals surface area contributed by atoms with Crippen LogP contribution in [0.25, 0.3) is 0 Å². The third-order valence-electron chi connectivity index (χ3n) is 1.80. The highest BCUT2D eigenvalue weighted by atomic mass is 19.4. The summed E-state index contributed by atoms with van der Waals surface area (Å²) < 4.78 is 39.9. The molecule has 0 aliphatic heterocycles. The van der Waals surface area contributed by atoms with Crippen molar-refractivity contribution in [1.82, 2.24) is 5.32 Å². The molecule has 5 heteroatoms. The van der Waals surface area contributed by atoms with Gasteiger partial charge in [0.1, 0.15) is 0 Å². The van der Waals surface area contributed by atoms with Gasteiger partial charge in [0.05, 0.1) is 13.2 Å². The highest BCUT2D eigenvalue weighted by Crippen LogP contribution is 2.28. The summed E-state index contributed by atoms with van der Waals surface area (Å²) in [7, 11) is 0. The molecule has 2 nitrogen and oxygen atoms in total. The van der Waals surface area contributed by atoms with Gasteiger partial charge < -0.3 is 10.1 Å². The number of nitrogens with one attached hydrogen (secondary N) is 1. The summed E-state index contributed by atoms with van der Waals surface area (Å²) in [6.07, 6.45) is -1.71. The van der Waals surface area contributed by atoms with Crippen molar-refractivity contribution in [3.63, 3.8) is 0 Å². The molecule has 0 unspecified atom stereocenters. The lowest BCUT2D eigenvalue weighted by Gasteiger charge is -2.08. The van der Waals surface area contributed by atoms with Gasteiger partial charge in [-0.3, -0.25) is 0 Å². The summed E-state index contributed by atoms with van der Waals surface area (Å²) in [6, 6.07) is 0. The number of ether oxygens (including phenoxy) is 1. The Hall–Kier alpha value is -0.290. The van der Waals surface area contributed by atoms with E-state index in [0.29, 0.717) is 19.1 Å². The normalized spacial score (nSPS) is 17.8. The van der Waals surface area contributed by atoms with Gasteiger partial charge in [-0.05, 0) is 18.8 Å². The zero-order valence-corrected chi connectivity index (χ0v) is 7.36. The van der Waals surface area contributed by atoms with Gasteiger partial charge in [-0.2, -0.15) is 13.2 Å². The molecule has 1 rings (SSSR count). The smallest absolute Gasteiger partial charge is 0.380 e. The minimum Gasteiger partial charge on any atom is -0.380 e. The second-order valence-electron chi connectivity index (χ2n) is 3.31. The Labute approximate surface area is 75.4 Å². The molecule has 0 saturated heterocycles. The van der Waals surface area contributed by atoms with Crippen LogP contribution in [0.5, 0.6) is 0 Å². The Balaban J connectivity index is 1.78. The van der Waals surface area contributed by atoms with Gasteiger partial charge in [0.15, 0.2) is 0 Å². The molecule has 0 radical (unpaired) electrons. The summed E-state index contributed by atoms with van der Waals surface area (Å²) in [5, 5.41) is 2.27. The molecule has 0 amide bonds. The summed E-state index contributed by atoms with van der Waals surface area (Å²) >= 11 is 0. The average Bonchev–Trinajstić information content (AvgIpc) is 2.77. The SMILES string of the molecule is FC(F)(F)CNCCOCC1CC1. The predicted octanol–water partition coefficient (Wildman–Crippen LogP) is 1.56. The quantitative estimate of drug-likeness (QED) is 0.652. The van der Waals surface area contributed by atoms with Crippen molar-refractivity contribution in [1.29, 1.82) is 0 Å². The maximum atomic E-state index is 11.6. The molecule has 1 aliphatic rings. The fourth-order valence-electron chi connectivity index (χ4n) is 0.909. The minimum absolute atomic E-state index is 0.270. The van der Waals surface area contributed by atoms with Crippen LogP contribution in [0.4, 0.5) is 13.2 Å². The first kappa shape index (κ1) is 10.8. The molecule has 0 bridgehead atoms. The van der Waals surface area contributed by atoms with Crippen LogP contribution in [-0.2, 0) is 4.74 Å². The first-order valence-corrected chi connectivity index (χ1v) is 4.43. The summed E-state index contributed by atoms with van der Waals surface area (Å²) in [5.74, 6) is 0.669. The standard InChI is InChI=1S/C8H14F3NO/c9-8(10,11)6-12-3-4-13-5-7-1-2-7/h7,12H,1-6H2. The fraction of sp³-hybridized carbons (Fsp3) is 1.00. The van der Waals surface area contributed by atoms with Crippen molar-refractivity contribution < 1.29 is 17.9 Å². The van der Waals surface area contributed by atoms with Gasteiger partial charge >= 0.3 is 6.18 Å². The van der Waals surface area contributed by atoms with E-state index < -0.39 is 12.7 Å². The molecule has 0 heterocycles. The van der Waals surface area contributed by atoms with E-state index in [0.717, 1.165) is 0 Å². The minimum atomic E-state index is -4.11. The Morgan fingerprint density at radius 3 is 2.54 bits per heavy atom. The van der Waals surface area contributed by atoms with Crippen LogP contribution in [0.15, 0.2) is 0 Å². The first-order chi connectivity index (χ1) is 6.08. The molecule has 1 saturated carbocycles. The molecular formula is C8H14F3NO. The van der Waals surface area contributed by atoms with Crippen LogP contribution < -0.4 is 5.32 Å². The molecule has 0 aromatic rings. The molecule has 0 aromatic carbocycles. The molecule has 1 aliphatic carbocycles. The van der Waals surface area contributed by atoms with Crippen LogP contribution in [-0.4, -0.2) is 32.5 Å². The lowest BCUT2D eigenvalue weighted by molar-refractivity contribution is -0.125. The number of alkyl halides is 3. The van der Waals surface area contributed by atoms with E-state index in [-0.39, 0.29) is 6.54 Å². The summed E-state index contributed by atoms with van der Waals surface area (Å²) in [6.45, 7) is 0.409. The van der Waals surface area contributed by atoms with E-state index in [9.17, 15) is 13.2 Å². The molecule has 78 valence electrons. The average molecular weight is 197 g/mol. The Morgan fingerprint density at radius 2 is 2.00 bits per heavy atom. The molecule has 1 fully saturated rings. The van der Waals surface area contributed by atoms with Crippen LogP contribution in [0, 0.1) is 5.92 Å². The monoisotopic (exact) mass is 197 g/mol. The second kappa shape index (κ2) is 4.81. The van der Waals surface area contributed by atoms with Crippen molar-refractivity contribution >= 4 is 0 Å². The second-order valence-corrected chi connectivity index (χ2v) is 3.31. The van der Waals surface area contributed by atoms with Crippen LogP contribution >= 0.6 is 0 Å². The van der Waals surface area contributed by atoms with Crippen molar-refractivity contribution in [3.8, 4) is 0 Å². The number of halogens is 3. The molecule has 13 heavy (non-hydrogen) atoms. The molecule has 0 spiro atoms. The number of hydrogen-bond acceptors (Lipinski definition) is 2. The Kier molecular flexibility index (Phi) is 3.99. The third kappa shape index (κ3) is 6.83.